The first-order valence-electron chi connectivity index (χ1n) is 7.72. The minimum Gasteiger partial charge on any atom is -0.352 e. The number of halogens is 3. The summed E-state index contributed by atoms with van der Waals surface area (Å²) >= 11 is 0. The van der Waals surface area contributed by atoms with Crippen LogP contribution in [0.5, 0.6) is 0 Å². The van der Waals surface area contributed by atoms with Crippen molar-refractivity contribution in [2.24, 2.45) is 5.92 Å². The third-order valence-corrected chi connectivity index (χ3v) is 4.08. The van der Waals surface area contributed by atoms with Gasteiger partial charge < -0.3 is 10.2 Å². The van der Waals surface area contributed by atoms with Crippen LogP contribution in [-0.4, -0.2) is 18.4 Å². The van der Waals surface area contributed by atoms with Crippen molar-refractivity contribution in [2.75, 3.05) is 11.4 Å². The topological polar surface area (TPSA) is 49.4 Å². The number of rotatable bonds is 4. The normalized spacial score (nSPS) is 17.0. The maximum atomic E-state index is 13.8. The lowest BCUT2D eigenvalue weighted by Gasteiger charge is -2.18. The Morgan fingerprint density at radius 1 is 1.08 bits per heavy atom. The molecule has 2 aromatic rings. The van der Waals surface area contributed by atoms with Gasteiger partial charge in [0.05, 0.1) is 5.92 Å². The number of nitrogens with one attached hydrogen (secondary N) is 1. The average Bonchev–Trinajstić information content (AvgIpc) is 2.96. The Labute approximate surface area is 142 Å². The maximum absolute atomic E-state index is 13.8. The van der Waals surface area contributed by atoms with Crippen molar-refractivity contribution in [3.8, 4) is 0 Å². The summed E-state index contributed by atoms with van der Waals surface area (Å²) < 4.78 is 40.5. The van der Waals surface area contributed by atoms with Crippen molar-refractivity contribution in [3.05, 3.63) is 65.5 Å². The third kappa shape index (κ3) is 3.65. The molecule has 1 heterocycles. The molecule has 1 aliphatic heterocycles. The van der Waals surface area contributed by atoms with Gasteiger partial charge in [-0.3, -0.25) is 9.59 Å². The fraction of sp³-hybridized carbons (Fsp3) is 0.222. The number of hydrogen-bond acceptors (Lipinski definition) is 2. The molecule has 1 atom stereocenters. The van der Waals surface area contributed by atoms with Crippen molar-refractivity contribution in [1.82, 2.24) is 5.32 Å². The lowest BCUT2D eigenvalue weighted by molar-refractivity contribution is -0.126. The first kappa shape index (κ1) is 17.0. The highest BCUT2D eigenvalue weighted by Gasteiger charge is 2.37. The fourth-order valence-corrected chi connectivity index (χ4v) is 2.78. The Morgan fingerprint density at radius 2 is 1.72 bits per heavy atom. The van der Waals surface area contributed by atoms with Gasteiger partial charge in [-0.2, -0.15) is 0 Å². The summed E-state index contributed by atoms with van der Waals surface area (Å²) in [7, 11) is 0. The second kappa shape index (κ2) is 6.96. The van der Waals surface area contributed by atoms with Gasteiger partial charge in [-0.25, -0.2) is 13.2 Å². The van der Waals surface area contributed by atoms with Crippen LogP contribution in [0.3, 0.4) is 0 Å². The number of para-hydroxylation sites is 1. The smallest absolute Gasteiger partial charge is 0.228 e. The molecule has 4 nitrogen and oxygen atoms in total. The molecule has 7 heteroatoms. The highest BCUT2D eigenvalue weighted by atomic mass is 19.1. The van der Waals surface area contributed by atoms with Gasteiger partial charge in [0.25, 0.3) is 0 Å². The summed E-state index contributed by atoms with van der Waals surface area (Å²) in [5, 5.41) is 2.65. The molecule has 0 saturated carbocycles. The molecule has 0 aromatic heterocycles. The summed E-state index contributed by atoms with van der Waals surface area (Å²) in [6.45, 7) is 0.0871. The molecule has 0 radical (unpaired) electrons. The average molecular weight is 348 g/mol. The molecule has 0 aliphatic carbocycles. The first-order chi connectivity index (χ1) is 12.0. The number of hydrogen-bond donors (Lipinski definition) is 1. The largest absolute Gasteiger partial charge is 0.352 e. The fourth-order valence-electron chi connectivity index (χ4n) is 2.78. The standard InChI is InChI=1S/C18H15F3N2O2/c19-13-6-4-11(5-7-13)9-22-18(25)12-8-16(24)23(10-12)17-14(20)2-1-3-15(17)21/h1-7,12H,8-10H2,(H,22,25). The molecule has 25 heavy (non-hydrogen) atoms. The van der Waals surface area contributed by atoms with Crippen molar-refractivity contribution in [3.63, 3.8) is 0 Å². The number of benzene rings is 2. The van der Waals surface area contributed by atoms with E-state index in [2.05, 4.69) is 5.32 Å². The minimum absolute atomic E-state index is 0.0913. The van der Waals surface area contributed by atoms with Gasteiger partial charge in [0, 0.05) is 19.5 Å². The zero-order valence-electron chi connectivity index (χ0n) is 13.1. The molecule has 0 bridgehead atoms. The molecule has 2 amide bonds. The van der Waals surface area contributed by atoms with Gasteiger partial charge in [-0.15, -0.1) is 0 Å². The lowest BCUT2D eigenvalue weighted by Crippen LogP contribution is -2.33. The van der Waals surface area contributed by atoms with Gasteiger partial charge in [0.15, 0.2) is 0 Å². The minimum atomic E-state index is -0.847. The quantitative estimate of drug-likeness (QED) is 0.924. The van der Waals surface area contributed by atoms with E-state index in [1.807, 2.05) is 0 Å². The Morgan fingerprint density at radius 3 is 2.36 bits per heavy atom. The summed E-state index contributed by atoms with van der Waals surface area (Å²) in [5.41, 5.74) is 0.275. The van der Waals surface area contributed by atoms with Gasteiger partial charge >= 0.3 is 0 Å². The van der Waals surface area contributed by atoms with Gasteiger partial charge in [-0.1, -0.05) is 18.2 Å². The predicted molar refractivity (Wildman–Crippen MR) is 85.1 cm³/mol. The summed E-state index contributed by atoms with van der Waals surface area (Å²) in [4.78, 5) is 25.3. The third-order valence-electron chi connectivity index (χ3n) is 4.08. The Balaban J connectivity index is 1.65. The highest BCUT2D eigenvalue weighted by molar-refractivity contribution is 6.00. The van der Waals surface area contributed by atoms with Crippen LogP contribution in [0.4, 0.5) is 18.9 Å². The molecule has 1 N–H and O–H groups in total. The van der Waals surface area contributed by atoms with Crippen LogP contribution in [0.2, 0.25) is 0 Å². The van der Waals surface area contributed by atoms with E-state index in [-0.39, 0.29) is 25.3 Å². The molecule has 2 aromatic carbocycles. The van der Waals surface area contributed by atoms with Crippen molar-refractivity contribution in [2.45, 2.75) is 13.0 Å². The van der Waals surface area contributed by atoms with Crippen LogP contribution in [0, 0.1) is 23.4 Å². The van der Waals surface area contributed by atoms with E-state index in [9.17, 15) is 22.8 Å². The van der Waals surface area contributed by atoms with Crippen molar-refractivity contribution in [1.29, 1.82) is 0 Å². The first-order valence-corrected chi connectivity index (χ1v) is 7.72. The number of anilines is 1. The van der Waals surface area contributed by atoms with Crippen molar-refractivity contribution >= 4 is 17.5 Å². The van der Waals surface area contributed by atoms with E-state index in [0.29, 0.717) is 5.56 Å². The Kier molecular flexibility index (Phi) is 4.74. The number of carbonyl (C=O) groups excluding carboxylic acids is 2. The molecule has 1 unspecified atom stereocenters. The molecular weight excluding hydrogens is 333 g/mol. The zero-order valence-corrected chi connectivity index (χ0v) is 13.1. The molecule has 130 valence electrons. The Bertz CT molecular complexity index is 788. The van der Waals surface area contributed by atoms with E-state index >= 15 is 0 Å². The van der Waals surface area contributed by atoms with Crippen LogP contribution in [0.1, 0.15) is 12.0 Å². The van der Waals surface area contributed by atoms with Crippen LogP contribution >= 0.6 is 0 Å². The molecular formula is C18H15F3N2O2. The number of nitrogens with zero attached hydrogens (tertiary/aromatic N) is 1. The van der Waals surface area contributed by atoms with Crippen LogP contribution in [0.25, 0.3) is 0 Å². The molecule has 3 rings (SSSR count). The van der Waals surface area contributed by atoms with Gasteiger partial charge in [0.2, 0.25) is 11.8 Å². The Hall–Kier alpha value is -2.83. The summed E-state index contributed by atoms with van der Waals surface area (Å²) in [6, 6.07) is 8.97. The zero-order chi connectivity index (χ0) is 18.0. The molecule has 1 aliphatic rings. The second-order valence-corrected chi connectivity index (χ2v) is 5.82. The number of amides is 2. The van der Waals surface area contributed by atoms with E-state index in [1.165, 1.54) is 30.3 Å². The molecule has 0 spiro atoms. The van der Waals surface area contributed by atoms with Crippen LogP contribution in [-0.2, 0) is 16.1 Å². The highest BCUT2D eigenvalue weighted by Crippen LogP contribution is 2.29. The van der Waals surface area contributed by atoms with E-state index in [0.717, 1.165) is 17.0 Å². The molecule has 1 saturated heterocycles. The second-order valence-electron chi connectivity index (χ2n) is 5.82. The molecule has 1 fully saturated rings. The van der Waals surface area contributed by atoms with E-state index < -0.39 is 35.1 Å². The summed E-state index contributed by atoms with van der Waals surface area (Å²) in [6.07, 6.45) is -0.122. The van der Waals surface area contributed by atoms with Crippen molar-refractivity contribution < 1.29 is 22.8 Å². The van der Waals surface area contributed by atoms with Gasteiger partial charge in [-0.05, 0) is 29.8 Å². The van der Waals surface area contributed by atoms with Crippen LogP contribution < -0.4 is 10.2 Å². The maximum Gasteiger partial charge on any atom is 0.228 e. The SMILES string of the molecule is O=C(NCc1ccc(F)cc1)C1CC(=O)N(c2c(F)cccc2F)C1. The number of carbonyl (C=O) groups is 2. The lowest BCUT2D eigenvalue weighted by atomic mass is 10.1. The summed E-state index contributed by atoms with van der Waals surface area (Å²) in [5.74, 6) is -3.67. The van der Waals surface area contributed by atoms with Crippen LogP contribution in [0.15, 0.2) is 42.5 Å². The predicted octanol–water partition coefficient (Wildman–Crippen LogP) is 2.77. The van der Waals surface area contributed by atoms with Gasteiger partial charge in [0.1, 0.15) is 23.1 Å². The van der Waals surface area contributed by atoms with E-state index in [1.54, 1.807) is 0 Å². The monoisotopic (exact) mass is 348 g/mol. The van der Waals surface area contributed by atoms with E-state index in [4.69, 9.17) is 0 Å².